The van der Waals surface area contributed by atoms with E-state index in [1.54, 1.807) is 0 Å². The number of rotatable bonds is 66. The molecular weight excluding hydrogens is 1170 g/mol. The van der Waals surface area contributed by atoms with Gasteiger partial charge in [-0.25, -0.2) is 9.13 Å². The molecule has 5 atom stereocenters. The first-order valence-corrected chi connectivity index (χ1v) is 37.9. The fourth-order valence-corrected chi connectivity index (χ4v) is 10.8. The van der Waals surface area contributed by atoms with E-state index in [4.69, 9.17) is 32.3 Å². The van der Waals surface area contributed by atoms with Gasteiger partial charge in [-0.2, -0.15) is 0 Å². The van der Waals surface area contributed by atoms with Crippen LogP contribution in [0.15, 0.2) is 85.1 Å². The SMILES string of the molecule is CC/C=C\C/C=C\C/C=C\C/C=C\C/C=C\C/C=C\CCCCCCCCCCC(=O)OCC(O)COP(=O)(O)OCC(O)COP(=O)(O)OCC(COC(=O)CCCCCCCCCCCCCCCCC)OC(=O)CCCCCCC/C=C\CCCC. The summed E-state index contributed by atoms with van der Waals surface area (Å²) in [6.07, 6.45) is 69.3. The molecule has 0 heterocycles. The maximum absolute atomic E-state index is 12.9. The number of hydrogen-bond acceptors (Lipinski definition) is 14. The van der Waals surface area contributed by atoms with Crippen molar-refractivity contribution < 1.29 is 75.8 Å². The van der Waals surface area contributed by atoms with E-state index in [-0.39, 0.29) is 19.3 Å². The molecule has 4 N–H and O–H groups in total. The van der Waals surface area contributed by atoms with Crippen molar-refractivity contribution in [3.05, 3.63) is 85.1 Å². The van der Waals surface area contributed by atoms with Gasteiger partial charge in [0, 0.05) is 19.3 Å². The van der Waals surface area contributed by atoms with Crippen LogP contribution in [0.2, 0.25) is 0 Å². The molecule has 0 saturated carbocycles. The van der Waals surface area contributed by atoms with Crippen LogP contribution in [0.4, 0.5) is 0 Å². The van der Waals surface area contributed by atoms with Crippen LogP contribution in [0.25, 0.3) is 0 Å². The van der Waals surface area contributed by atoms with Crippen molar-refractivity contribution in [2.24, 2.45) is 0 Å². The summed E-state index contributed by atoms with van der Waals surface area (Å²) in [6.45, 7) is 2.51. The molecular formula is C71H126O16P2. The lowest BCUT2D eigenvalue weighted by Crippen LogP contribution is -2.30. The number of allylic oxidation sites excluding steroid dienone is 14. The Bertz CT molecular complexity index is 1970. The van der Waals surface area contributed by atoms with Crippen LogP contribution < -0.4 is 0 Å². The van der Waals surface area contributed by atoms with E-state index < -0.39 is 91.5 Å². The summed E-state index contributed by atoms with van der Waals surface area (Å²) >= 11 is 0. The average molecular weight is 1300 g/mol. The third-order valence-corrected chi connectivity index (χ3v) is 16.5. The second kappa shape index (κ2) is 64.8. The summed E-state index contributed by atoms with van der Waals surface area (Å²) in [5.74, 6) is -1.58. The second-order valence-electron chi connectivity index (χ2n) is 23.3. The van der Waals surface area contributed by atoms with Gasteiger partial charge in [0.15, 0.2) is 6.10 Å². The number of aliphatic hydroxyl groups is 2. The zero-order valence-electron chi connectivity index (χ0n) is 55.8. The monoisotopic (exact) mass is 1300 g/mol. The second-order valence-corrected chi connectivity index (χ2v) is 26.2. The van der Waals surface area contributed by atoms with Crippen LogP contribution >= 0.6 is 15.6 Å². The van der Waals surface area contributed by atoms with E-state index in [9.17, 15) is 43.5 Å². The Labute approximate surface area is 540 Å². The van der Waals surface area contributed by atoms with Gasteiger partial charge < -0.3 is 34.2 Å². The van der Waals surface area contributed by atoms with Crippen LogP contribution in [0.5, 0.6) is 0 Å². The number of carbonyl (C=O) groups excluding carboxylic acids is 3. The number of unbranched alkanes of at least 4 members (excludes halogenated alkanes) is 29. The summed E-state index contributed by atoms with van der Waals surface area (Å²) in [5, 5.41) is 20.5. The quantitative estimate of drug-likeness (QED) is 0.0146. The summed E-state index contributed by atoms with van der Waals surface area (Å²) in [5.41, 5.74) is 0. The zero-order valence-corrected chi connectivity index (χ0v) is 57.6. The molecule has 0 aliphatic heterocycles. The first-order valence-electron chi connectivity index (χ1n) is 34.9. The third-order valence-electron chi connectivity index (χ3n) is 14.6. The first kappa shape index (κ1) is 85.7. The van der Waals surface area contributed by atoms with Crippen LogP contribution in [0, 0.1) is 0 Å². The number of carbonyl (C=O) groups is 3. The van der Waals surface area contributed by atoms with E-state index in [0.717, 1.165) is 128 Å². The Balaban J connectivity index is 4.46. The van der Waals surface area contributed by atoms with Gasteiger partial charge in [-0.05, 0) is 89.9 Å². The lowest BCUT2D eigenvalue weighted by molar-refractivity contribution is -0.161. The lowest BCUT2D eigenvalue weighted by atomic mass is 10.0. The van der Waals surface area contributed by atoms with E-state index in [1.807, 2.05) is 0 Å². The fourth-order valence-electron chi connectivity index (χ4n) is 9.26. The minimum absolute atomic E-state index is 0.0974. The lowest BCUT2D eigenvalue weighted by Gasteiger charge is -2.21. The summed E-state index contributed by atoms with van der Waals surface area (Å²) < 4.78 is 60.8. The van der Waals surface area contributed by atoms with Crippen molar-refractivity contribution in [1.29, 1.82) is 0 Å². The molecule has 0 radical (unpaired) electrons. The third kappa shape index (κ3) is 66.0. The highest BCUT2D eigenvalue weighted by Crippen LogP contribution is 2.45. The Morgan fingerprint density at radius 1 is 0.326 bits per heavy atom. The number of aliphatic hydroxyl groups excluding tert-OH is 2. The minimum Gasteiger partial charge on any atom is -0.463 e. The van der Waals surface area contributed by atoms with Crippen LogP contribution in [-0.2, 0) is 55.8 Å². The minimum atomic E-state index is -4.92. The highest BCUT2D eigenvalue weighted by atomic mass is 31.2. The van der Waals surface area contributed by atoms with E-state index >= 15 is 0 Å². The Morgan fingerprint density at radius 3 is 0.989 bits per heavy atom. The van der Waals surface area contributed by atoms with Crippen LogP contribution in [0.3, 0.4) is 0 Å². The molecule has 5 unspecified atom stereocenters. The van der Waals surface area contributed by atoms with Gasteiger partial charge in [-0.15, -0.1) is 0 Å². The van der Waals surface area contributed by atoms with Crippen molar-refractivity contribution >= 4 is 33.6 Å². The molecule has 18 heteroatoms. The Morgan fingerprint density at radius 2 is 0.607 bits per heavy atom. The molecule has 0 aliphatic rings. The maximum Gasteiger partial charge on any atom is 0.472 e. The molecule has 516 valence electrons. The number of phosphoric ester groups is 2. The number of hydrogen-bond donors (Lipinski definition) is 4. The fraction of sp³-hybridized carbons (Fsp3) is 0.761. The van der Waals surface area contributed by atoms with Gasteiger partial charge in [0.1, 0.15) is 25.4 Å². The molecule has 0 aromatic rings. The topological polar surface area (TPSA) is 231 Å². The molecule has 0 aromatic carbocycles. The normalized spacial score (nSPS) is 14.7. The van der Waals surface area contributed by atoms with E-state index in [1.165, 1.54) is 103 Å². The molecule has 0 saturated heterocycles. The van der Waals surface area contributed by atoms with Crippen molar-refractivity contribution in [2.75, 3.05) is 39.6 Å². The van der Waals surface area contributed by atoms with Gasteiger partial charge in [-0.1, -0.05) is 266 Å². The largest absolute Gasteiger partial charge is 0.472 e. The van der Waals surface area contributed by atoms with Gasteiger partial charge in [0.25, 0.3) is 0 Å². The number of esters is 3. The summed E-state index contributed by atoms with van der Waals surface area (Å²) in [7, 11) is -9.77. The molecule has 0 amide bonds. The van der Waals surface area contributed by atoms with Gasteiger partial charge in [-0.3, -0.25) is 32.5 Å². The van der Waals surface area contributed by atoms with Crippen molar-refractivity contribution in [3.63, 3.8) is 0 Å². The van der Waals surface area contributed by atoms with Gasteiger partial charge in [0.2, 0.25) is 0 Å². The standard InChI is InChI=1S/C71H126O16P2/c1-4-7-10-13-16-19-22-24-26-27-28-29-30-31-32-33-34-35-36-37-39-41-43-45-48-51-54-57-69(74)81-60-66(72)61-83-88(77,78)84-62-67(73)63-85-89(79,80)86-65-68(87-71(76)59-56-53-50-47-42-21-18-15-12-9-6-3)64-82-70(75)58-55-52-49-46-44-40-38-25-23-20-17-14-11-8-5-2/h7,10,15-16,18-19,24,26,28-29,31-32,34-35,66-68,72-73H,4-6,8-9,11-14,17,20-23,25,27,30,33,36-65H2,1-3H3,(H,77,78)(H,79,80)/b10-7-,18-15-,19-16-,26-24-,29-28-,32-31-,35-34-. The summed E-state index contributed by atoms with van der Waals surface area (Å²) in [4.78, 5) is 58.3. The summed E-state index contributed by atoms with van der Waals surface area (Å²) in [6, 6.07) is 0. The highest BCUT2D eigenvalue weighted by molar-refractivity contribution is 7.47. The molecule has 89 heavy (non-hydrogen) atoms. The predicted octanol–water partition coefficient (Wildman–Crippen LogP) is 19.3. The Kier molecular flexibility index (Phi) is 62.4. The maximum atomic E-state index is 12.9. The molecule has 0 bridgehead atoms. The van der Waals surface area contributed by atoms with Crippen molar-refractivity contribution in [1.82, 2.24) is 0 Å². The van der Waals surface area contributed by atoms with E-state index in [2.05, 4.69) is 106 Å². The average Bonchev–Trinajstić information content (AvgIpc) is 3.56. The highest BCUT2D eigenvalue weighted by Gasteiger charge is 2.29. The van der Waals surface area contributed by atoms with Gasteiger partial charge >= 0.3 is 33.6 Å². The van der Waals surface area contributed by atoms with Crippen molar-refractivity contribution in [3.8, 4) is 0 Å². The van der Waals surface area contributed by atoms with Gasteiger partial charge in [0.05, 0.1) is 26.4 Å². The molecule has 0 fully saturated rings. The molecule has 0 spiro atoms. The zero-order chi connectivity index (χ0) is 65.3. The molecule has 0 aliphatic carbocycles. The number of ether oxygens (including phenoxy) is 3. The van der Waals surface area contributed by atoms with Crippen molar-refractivity contribution in [2.45, 2.75) is 309 Å². The van der Waals surface area contributed by atoms with Crippen LogP contribution in [-0.4, -0.2) is 95.9 Å². The molecule has 0 rings (SSSR count). The smallest absolute Gasteiger partial charge is 0.463 e. The van der Waals surface area contributed by atoms with Crippen LogP contribution in [0.1, 0.15) is 290 Å². The molecule has 16 nitrogen and oxygen atoms in total. The molecule has 0 aromatic heterocycles. The predicted molar refractivity (Wildman–Crippen MR) is 362 cm³/mol. The number of phosphoric acid groups is 2. The Hall–Kier alpha value is -3.27. The van der Waals surface area contributed by atoms with E-state index in [0.29, 0.717) is 19.3 Å². The first-order chi connectivity index (χ1) is 43.2.